The highest BCUT2D eigenvalue weighted by Crippen LogP contribution is 2.33. The monoisotopic (exact) mass is 578 g/mol. The number of aliphatic imine (C=N–C) groups is 2. The van der Waals surface area contributed by atoms with Crippen molar-refractivity contribution in [1.82, 2.24) is 4.57 Å². The van der Waals surface area contributed by atoms with E-state index in [4.69, 9.17) is 29.7 Å². The fourth-order valence-corrected chi connectivity index (χ4v) is 6.11. The number of aromatic nitrogens is 1. The summed E-state index contributed by atoms with van der Waals surface area (Å²) in [6.07, 6.45) is 0. The lowest BCUT2D eigenvalue weighted by molar-refractivity contribution is 0.415. The van der Waals surface area contributed by atoms with Gasteiger partial charge in [-0.3, -0.25) is 4.90 Å². The summed E-state index contributed by atoms with van der Waals surface area (Å²) in [5, 5.41) is 10.8. The van der Waals surface area contributed by atoms with Crippen molar-refractivity contribution in [1.29, 1.82) is 0 Å². The number of ether oxygens (including phenoxy) is 2. The first-order valence-corrected chi connectivity index (χ1v) is 14.4. The smallest absolute Gasteiger partial charge is 0.211 e. The molecule has 0 amide bonds. The molecular formula is C31H26N6O2S2. The molecule has 41 heavy (non-hydrogen) atoms. The Labute approximate surface area is 245 Å². The summed E-state index contributed by atoms with van der Waals surface area (Å²) in [5.41, 5.74) is 3.55. The van der Waals surface area contributed by atoms with Crippen LogP contribution in [0.2, 0.25) is 0 Å². The van der Waals surface area contributed by atoms with Gasteiger partial charge in [-0.15, -0.1) is 10.2 Å². The van der Waals surface area contributed by atoms with Gasteiger partial charge >= 0.3 is 0 Å². The van der Waals surface area contributed by atoms with E-state index in [0.717, 1.165) is 43.6 Å². The van der Waals surface area contributed by atoms with Crippen LogP contribution in [-0.2, 0) is 7.05 Å². The summed E-state index contributed by atoms with van der Waals surface area (Å²) in [6.45, 7) is 0. The van der Waals surface area contributed by atoms with Crippen LogP contribution in [0.3, 0.4) is 0 Å². The van der Waals surface area contributed by atoms with Crippen LogP contribution in [0.4, 0.5) is 17.1 Å². The largest absolute Gasteiger partial charge is 0.497 e. The van der Waals surface area contributed by atoms with Crippen molar-refractivity contribution in [3.05, 3.63) is 108 Å². The number of hydrogen-bond donors (Lipinski definition) is 0. The molecule has 8 nitrogen and oxygen atoms in total. The Bertz CT molecular complexity index is 1840. The molecule has 2 heterocycles. The standard InChI is InChI=1S/C31H26N6O2S2/c1-36-26-11-7-8-12-27(26)40-30(36)34-35-31-37(23-9-5-4-6-10-23)28(32-21-13-17-24(38-2)18-14-21)29(41-31)33-22-15-19-25(39-3)20-16-22/h4-20H,1-3H3/b32-28?,33-29?,34-30-,35-31-. The predicted molar refractivity (Wildman–Crippen MR) is 170 cm³/mol. The molecule has 0 N–H and O–H groups in total. The summed E-state index contributed by atoms with van der Waals surface area (Å²) in [6, 6.07) is 33.5. The molecule has 6 rings (SSSR count). The van der Waals surface area contributed by atoms with E-state index in [9.17, 15) is 0 Å². The third-order valence-electron chi connectivity index (χ3n) is 6.34. The van der Waals surface area contributed by atoms with Crippen molar-refractivity contribution >= 4 is 66.4 Å². The maximum absolute atomic E-state index is 5.34. The van der Waals surface area contributed by atoms with E-state index in [1.165, 1.54) is 11.8 Å². The number of anilines is 1. The topological polar surface area (TPSA) is 76.1 Å². The third kappa shape index (κ3) is 5.65. The van der Waals surface area contributed by atoms with Gasteiger partial charge in [0.25, 0.3) is 0 Å². The Morgan fingerprint density at radius 2 is 1.27 bits per heavy atom. The molecule has 1 saturated heterocycles. The van der Waals surface area contributed by atoms with E-state index in [2.05, 4.69) is 16.7 Å². The van der Waals surface area contributed by atoms with Crippen LogP contribution in [-0.4, -0.2) is 34.8 Å². The molecule has 204 valence electrons. The zero-order valence-corrected chi connectivity index (χ0v) is 24.3. The van der Waals surface area contributed by atoms with Crippen LogP contribution in [0.5, 0.6) is 11.5 Å². The number of amidine groups is 2. The van der Waals surface area contributed by atoms with Gasteiger partial charge in [-0.25, -0.2) is 9.98 Å². The van der Waals surface area contributed by atoms with Gasteiger partial charge in [0.2, 0.25) is 9.97 Å². The molecule has 0 atom stereocenters. The van der Waals surface area contributed by atoms with Crippen molar-refractivity contribution in [2.45, 2.75) is 0 Å². The molecule has 1 aromatic heterocycles. The molecule has 1 aliphatic rings. The molecule has 0 saturated carbocycles. The quantitative estimate of drug-likeness (QED) is 0.201. The lowest BCUT2D eigenvalue weighted by Gasteiger charge is -2.17. The number of thiazole rings is 1. The summed E-state index contributed by atoms with van der Waals surface area (Å²) in [4.78, 5) is 12.8. The minimum absolute atomic E-state index is 0.646. The predicted octanol–water partition coefficient (Wildman–Crippen LogP) is 7.14. The minimum atomic E-state index is 0.646. The number of benzene rings is 4. The van der Waals surface area contributed by atoms with E-state index in [-0.39, 0.29) is 0 Å². The molecule has 1 aliphatic heterocycles. The van der Waals surface area contributed by atoms with Gasteiger partial charge in [0.1, 0.15) is 16.5 Å². The first kappa shape index (κ1) is 26.5. The molecule has 0 spiro atoms. The maximum atomic E-state index is 5.34. The van der Waals surface area contributed by atoms with Gasteiger partial charge < -0.3 is 14.0 Å². The number of methoxy groups -OCH3 is 2. The van der Waals surface area contributed by atoms with E-state index >= 15 is 0 Å². The van der Waals surface area contributed by atoms with E-state index in [1.807, 2.05) is 103 Å². The van der Waals surface area contributed by atoms with Crippen LogP contribution in [0.1, 0.15) is 0 Å². The molecule has 1 fully saturated rings. The first-order chi connectivity index (χ1) is 20.1. The number of hydrogen-bond acceptors (Lipinski definition) is 8. The van der Waals surface area contributed by atoms with E-state index < -0.39 is 0 Å². The second kappa shape index (κ2) is 11.8. The minimum Gasteiger partial charge on any atom is -0.497 e. The Morgan fingerprint density at radius 3 is 1.90 bits per heavy atom. The molecular weight excluding hydrogens is 553 g/mol. The number of para-hydroxylation sites is 2. The van der Waals surface area contributed by atoms with Crippen LogP contribution in [0, 0.1) is 0 Å². The fraction of sp³-hybridized carbons (Fsp3) is 0.0968. The van der Waals surface area contributed by atoms with Gasteiger partial charge in [0, 0.05) is 12.7 Å². The summed E-state index contributed by atoms with van der Waals surface area (Å²) in [7, 11) is 5.30. The zero-order valence-electron chi connectivity index (χ0n) is 22.6. The number of rotatable bonds is 6. The van der Waals surface area contributed by atoms with E-state index in [1.54, 1.807) is 25.6 Å². The van der Waals surface area contributed by atoms with Gasteiger partial charge in [-0.2, -0.15) is 0 Å². The number of thioether (sulfide) groups is 1. The Morgan fingerprint density at radius 1 is 0.659 bits per heavy atom. The normalized spacial score (nSPS) is 16.8. The molecule has 0 radical (unpaired) electrons. The Hall–Kier alpha value is -4.67. The van der Waals surface area contributed by atoms with Crippen LogP contribution >= 0.6 is 23.1 Å². The second-order valence-corrected chi connectivity index (χ2v) is 10.9. The average Bonchev–Trinajstić information content (AvgIpc) is 3.53. The first-order valence-electron chi connectivity index (χ1n) is 12.8. The van der Waals surface area contributed by atoms with Crippen molar-refractivity contribution < 1.29 is 9.47 Å². The highest BCUT2D eigenvalue weighted by Gasteiger charge is 2.35. The molecule has 4 aromatic carbocycles. The van der Waals surface area contributed by atoms with Crippen molar-refractivity contribution in [3.8, 4) is 11.5 Å². The van der Waals surface area contributed by atoms with Crippen molar-refractivity contribution in [3.63, 3.8) is 0 Å². The van der Waals surface area contributed by atoms with Crippen LogP contribution in [0.15, 0.2) is 123 Å². The van der Waals surface area contributed by atoms with Crippen molar-refractivity contribution in [2.75, 3.05) is 19.1 Å². The fourth-order valence-electron chi connectivity index (χ4n) is 4.23. The molecule has 0 unspecified atom stereocenters. The maximum Gasteiger partial charge on any atom is 0.211 e. The highest BCUT2D eigenvalue weighted by molar-refractivity contribution is 8.29. The molecule has 5 aromatic rings. The lowest BCUT2D eigenvalue weighted by Crippen LogP contribution is -2.30. The molecule has 0 aliphatic carbocycles. The van der Waals surface area contributed by atoms with Gasteiger partial charge in [-0.1, -0.05) is 41.7 Å². The summed E-state index contributed by atoms with van der Waals surface area (Å²) in [5.74, 6) is 2.18. The number of nitrogens with zero attached hydrogens (tertiary/aromatic N) is 6. The molecule has 0 bridgehead atoms. The lowest BCUT2D eigenvalue weighted by atomic mass is 10.3. The van der Waals surface area contributed by atoms with Gasteiger partial charge in [0.05, 0.1) is 35.8 Å². The second-order valence-electron chi connectivity index (χ2n) is 8.92. The average molecular weight is 579 g/mol. The van der Waals surface area contributed by atoms with Gasteiger partial charge in [-0.05, 0) is 84.6 Å². The highest BCUT2D eigenvalue weighted by atomic mass is 32.2. The number of aryl methyl sites for hydroxylation is 1. The van der Waals surface area contributed by atoms with Gasteiger partial charge in [0.15, 0.2) is 5.84 Å². The third-order valence-corrected chi connectivity index (χ3v) is 8.36. The van der Waals surface area contributed by atoms with Crippen molar-refractivity contribution in [2.24, 2.45) is 27.2 Å². The SMILES string of the molecule is COc1ccc(N=C2S/C(=N\N=c3/sc4ccccc4n3C)N(c3ccccc3)C2=Nc2ccc(OC)cc2)cc1. The summed E-state index contributed by atoms with van der Waals surface area (Å²) >= 11 is 3.02. The summed E-state index contributed by atoms with van der Waals surface area (Å²) < 4.78 is 13.9. The van der Waals surface area contributed by atoms with E-state index in [0.29, 0.717) is 16.0 Å². The van der Waals surface area contributed by atoms with Crippen LogP contribution in [0.25, 0.3) is 10.2 Å². The van der Waals surface area contributed by atoms with Crippen LogP contribution < -0.4 is 19.2 Å². The zero-order chi connectivity index (χ0) is 28.2. The Kier molecular flexibility index (Phi) is 7.66. The Balaban J connectivity index is 1.51. The number of fused-ring (bicyclic) bond motifs is 1. The molecule has 10 heteroatoms.